The van der Waals surface area contributed by atoms with E-state index >= 15 is 0 Å². The zero-order valence-electron chi connectivity index (χ0n) is 11.7. The first-order valence-corrected chi connectivity index (χ1v) is 7.04. The Kier molecular flexibility index (Phi) is 3.72. The molecule has 2 aromatic rings. The number of hydrogen-bond donors (Lipinski definition) is 2. The van der Waals surface area contributed by atoms with E-state index in [1.165, 1.54) is 24.3 Å². The van der Waals surface area contributed by atoms with Gasteiger partial charge in [0.25, 0.3) is 5.91 Å². The normalized spacial score (nSPS) is 15.3. The van der Waals surface area contributed by atoms with Crippen molar-refractivity contribution in [3.8, 4) is 0 Å². The van der Waals surface area contributed by atoms with E-state index in [0.29, 0.717) is 16.3 Å². The lowest BCUT2D eigenvalue weighted by atomic mass is 9.94. The number of fused-ring (bicyclic) bond motifs is 1. The molecule has 0 fully saturated rings. The number of anilines is 1. The van der Waals surface area contributed by atoms with Crippen LogP contribution >= 0.6 is 11.6 Å². The Labute approximate surface area is 136 Å². The summed E-state index contributed by atoms with van der Waals surface area (Å²) in [4.78, 5) is 35.7. The first-order chi connectivity index (χ1) is 11.0. The standard InChI is InChI=1S/C17H10ClNO4/c18-11-4-1-9(2-5-11)7-13-15(20)12-8-10(17(22)23)3-6-14(12)19-16(13)21/h1-8H,(H,19,21)(H,22,23). The molecule has 1 aliphatic rings. The Morgan fingerprint density at radius 3 is 2.43 bits per heavy atom. The molecular formula is C17H10ClNO4. The van der Waals surface area contributed by atoms with E-state index in [-0.39, 0.29) is 16.7 Å². The molecule has 0 spiro atoms. The highest BCUT2D eigenvalue weighted by Gasteiger charge is 2.29. The first kappa shape index (κ1) is 15.0. The zero-order chi connectivity index (χ0) is 16.6. The molecule has 1 amide bonds. The summed E-state index contributed by atoms with van der Waals surface area (Å²) in [6.45, 7) is 0. The maximum atomic E-state index is 12.5. The molecule has 2 N–H and O–H groups in total. The average molecular weight is 328 g/mol. The van der Waals surface area contributed by atoms with Gasteiger partial charge in [-0.25, -0.2) is 4.79 Å². The third-order valence-corrected chi connectivity index (χ3v) is 3.68. The maximum Gasteiger partial charge on any atom is 0.335 e. The van der Waals surface area contributed by atoms with Crippen molar-refractivity contribution in [2.45, 2.75) is 0 Å². The highest BCUT2D eigenvalue weighted by atomic mass is 35.5. The van der Waals surface area contributed by atoms with Crippen LogP contribution < -0.4 is 5.32 Å². The van der Waals surface area contributed by atoms with Gasteiger partial charge in [-0.3, -0.25) is 9.59 Å². The summed E-state index contributed by atoms with van der Waals surface area (Å²) in [5.41, 5.74) is 1.04. The molecule has 3 rings (SSSR count). The van der Waals surface area contributed by atoms with Gasteiger partial charge >= 0.3 is 5.97 Å². The van der Waals surface area contributed by atoms with Crippen molar-refractivity contribution in [1.82, 2.24) is 0 Å². The largest absolute Gasteiger partial charge is 0.478 e. The number of benzene rings is 2. The molecule has 114 valence electrons. The van der Waals surface area contributed by atoms with E-state index in [1.54, 1.807) is 24.3 Å². The SMILES string of the molecule is O=C1Nc2ccc(C(=O)O)cc2C(=O)C1=Cc1ccc(Cl)cc1. The lowest BCUT2D eigenvalue weighted by Gasteiger charge is -2.18. The van der Waals surface area contributed by atoms with Crippen LogP contribution in [0.1, 0.15) is 26.3 Å². The molecule has 0 aromatic heterocycles. The van der Waals surface area contributed by atoms with Crippen LogP contribution in [0, 0.1) is 0 Å². The summed E-state index contributed by atoms with van der Waals surface area (Å²) in [5.74, 6) is -2.18. The molecule has 6 heteroatoms. The number of halogens is 1. The van der Waals surface area contributed by atoms with Crippen LogP contribution in [0.15, 0.2) is 48.0 Å². The van der Waals surface area contributed by atoms with Crippen molar-refractivity contribution in [3.05, 3.63) is 69.8 Å². The molecule has 0 saturated carbocycles. The third kappa shape index (κ3) is 2.86. The average Bonchev–Trinajstić information content (AvgIpc) is 2.53. The number of amides is 1. The predicted octanol–water partition coefficient (Wildman–Crippen LogP) is 3.26. The summed E-state index contributed by atoms with van der Waals surface area (Å²) < 4.78 is 0. The molecule has 23 heavy (non-hydrogen) atoms. The second kappa shape index (κ2) is 5.70. The number of aromatic carboxylic acids is 1. The number of carbonyl (C=O) groups is 3. The predicted molar refractivity (Wildman–Crippen MR) is 85.8 cm³/mol. The van der Waals surface area contributed by atoms with E-state index < -0.39 is 17.7 Å². The number of hydrogen-bond acceptors (Lipinski definition) is 3. The molecular weight excluding hydrogens is 318 g/mol. The number of carbonyl (C=O) groups excluding carboxylic acids is 2. The Morgan fingerprint density at radius 2 is 1.78 bits per heavy atom. The van der Waals surface area contributed by atoms with Crippen LogP contribution in [0.4, 0.5) is 5.69 Å². The van der Waals surface area contributed by atoms with Crippen molar-refractivity contribution in [2.75, 3.05) is 5.32 Å². The van der Waals surface area contributed by atoms with Crippen LogP contribution in [0.3, 0.4) is 0 Å². The Bertz CT molecular complexity index is 869. The van der Waals surface area contributed by atoms with Gasteiger partial charge in [-0.15, -0.1) is 0 Å². The topological polar surface area (TPSA) is 83.5 Å². The van der Waals surface area contributed by atoms with Crippen molar-refractivity contribution >= 4 is 41.0 Å². The highest BCUT2D eigenvalue weighted by Crippen LogP contribution is 2.27. The van der Waals surface area contributed by atoms with Crippen molar-refractivity contribution < 1.29 is 19.5 Å². The van der Waals surface area contributed by atoms with Gasteiger partial charge in [0.1, 0.15) is 0 Å². The van der Waals surface area contributed by atoms with E-state index in [4.69, 9.17) is 16.7 Å². The lowest BCUT2D eigenvalue weighted by molar-refractivity contribution is -0.112. The summed E-state index contributed by atoms with van der Waals surface area (Å²) in [5, 5.41) is 12.2. The van der Waals surface area contributed by atoms with E-state index in [2.05, 4.69) is 5.32 Å². The molecule has 2 aromatic carbocycles. The number of Topliss-reactive ketones (excluding diaryl/α,β-unsaturated/α-hetero) is 1. The molecule has 5 nitrogen and oxygen atoms in total. The van der Waals surface area contributed by atoms with E-state index in [0.717, 1.165) is 0 Å². The zero-order valence-corrected chi connectivity index (χ0v) is 12.4. The summed E-state index contributed by atoms with van der Waals surface area (Å²) >= 11 is 5.80. The van der Waals surface area contributed by atoms with Gasteiger partial charge in [0.15, 0.2) is 0 Å². The van der Waals surface area contributed by atoms with Gasteiger partial charge in [0.2, 0.25) is 5.78 Å². The van der Waals surface area contributed by atoms with Gasteiger partial charge in [-0.05, 0) is 42.0 Å². The van der Waals surface area contributed by atoms with Gasteiger partial charge in [-0.2, -0.15) is 0 Å². The second-order valence-corrected chi connectivity index (χ2v) is 5.39. The van der Waals surface area contributed by atoms with Crippen LogP contribution in [0.25, 0.3) is 6.08 Å². The summed E-state index contributed by atoms with van der Waals surface area (Å²) in [7, 11) is 0. The van der Waals surface area contributed by atoms with Crippen LogP contribution in [-0.2, 0) is 4.79 Å². The number of carboxylic acids is 1. The fourth-order valence-corrected chi connectivity index (χ4v) is 2.39. The van der Waals surface area contributed by atoms with Gasteiger partial charge in [0, 0.05) is 10.6 Å². The number of nitrogens with one attached hydrogen (secondary N) is 1. The minimum Gasteiger partial charge on any atom is -0.478 e. The van der Waals surface area contributed by atoms with Crippen LogP contribution in [-0.4, -0.2) is 22.8 Å². The van der Waals surface area contributed by atoms with E-state index in [1.807, 2.05) is 0 Å². The van der Waals surface area contributed by atoms with Crippen molar-refractivity contribution in [1.29, 1.82) is 0 Å². The smallest absolute Gasteiger partial charge is 0.335 e. The lowest BCUT2D eigenvalue weighted by Crippen LogP contribution is -2.27. The number of rotatable bonds is 2. The Balaban J connectivity index is 2.06. The fraction of sp³-hybridized carbons (Fsp3) is 0. The van der Waals surface area contributed by atoms with Crippen molar-refractivity contribution in [2.24, 2.45) is 0 Å². The van der Waals surface area contributed by atoms with Gasteiger partial charge in [-0.1, -0.05) is 23.7 Å². The molecule has 0 radical (unpaired) electrons. The van der Waals surface area contributed by atoms with Gasteiger partial charge in [0.05, 0.1) is 16.8 Å². The number of ketones is 1. The monoisotopic (exact) mass is 327 g/mol. The molecule has 0 saturated heterocycles. The fourth-order valence-electron chi connectivity index (χ4n) is 2.27. The van der Waals surface area contributed by atoms with Crippen LogP contribution in [0.5, 0.6) is 0 Å². The first-order valence-electron chi connectivity index (χ1n) is 6.66. The quantitative estimate of drug-likeness (QED) is 0.655. The molecule has 0 aliphatic carbocycles. The van der Waals surface area contributed by atoms with Crippen molar-refractivity contribution in [3.63, 3.8) is 0 Å². The van der Waals surface area contributed by atoms with Crippen LogP contribution in [0.2, 0.25) is 5.02 Å². The summed E-state index contributed by atoms with van der Waals surface area (Å²) in [6, 6.07) is 10.7. The molecule has 1 aliphatic heterocycles. The second-order valence-electron chi connectivity index (χ2n) is 4.96. The Hall–Kier alpha value is -2.92. The molecule has 0 atom stereocenters. The molecule has 0 unspecified atom stereocenters. The Morgan fingerprint density at radius 1 is 1.09 bits per heavy atom. The molecule has 0 bridgehead atoms. The third-order valence-electron chi connectivity index (χ3n) is 3.43. The van der Waals surface area contributed by atoms with E-state index in [9.17, 15) is 14.4 Å². The number of carboxylic acid groups (broad SMARTS) is 1. The van der Waals surface area contributed by atoms with Gasteiger partial charge < -0.3 is 10.4 Å². The highest BCUT2D eigenvalue weighted by molar-refractivity contribution is 6.36. The minimum absolute atomic E-state index is 0.0147. The summed E-state index contributed by atoms with van der Waals surface area (Å²) in [6.07, 6.45) is 1.45. The minimum atomic E-state index is -1.14. The maximum absolute atomic E-state index is 12.5. The molecule has 1 heterocycles.